The first-order valence-corrected chi connectivity index (χ1v) is 3.74. The molecule has 11 heavy (non-hydrogen) atoms. The number of aliphatic hydroxyl groups is 2. The number of hydrogen-bond donors (Lipinski definition) is 2. The second kappa shape index (κ2) is 1.93. The van der Waals surface area contributed by atoms with Crippen molar-refractivity contribution in [3.8, 4) is 0 Å². The zero-order chi connectivity index (χ0) is 8.22. The highest BCUT2D eigenvalue weighted by molar-refractivity contribution is 5.16. The lowest BCUT2D eigenvalue weighted by molar-refractivity contribution is -0.0584. The number of fused-ring (bicyclic) bond motifs is 1. The summed E-state index contributed by atoms with van der Waals surface area (Å²) in [5, 5.41) is 18.6. The standard InChI is InChI=1S/C7H10F2O2/c8-6(9)4-1-3-2-7(3,11)5(4)10/h3-6,10-11H,1-2H2. The van der Waals surface area contributed by atoms with Gasteiger partial charge in [-0.25, -0.2) is 8.78 Å². The minimum atomic E-state index is -2.50. The fraction of sp³-hybridized carbons (Fsp3) is 1.00. The third-order valence-electron chi connectivity index (χ3n) is 2.92. The summed E-state index contributed by atoms with van der Waals surface area (Å²) in [7, 11) is 0. The first kappa shape index (κ1) is 7.43. The van der Waals surface area contributed by atoms with E-state index in [4.69, 9.17) is 0 Å². The van der Waals surface area contributed by atoms with Crippen molar-refractivity contribution in [2.24, 2.45) is 11.8 Å². The van der Waals surface area contributed by atoms with Crippen LogP contribution in [0.4, 0.5) is 8.78 Å². The Morgan fingerprint density at radius 3 is 2.36 bits per heavy atom. The quantitative estimate of drug-likeness (QED) is 0.588. The predicted octanol–water partition coefficient (Wildman–Crippen LogP) is 0.383. The van der Waals surface area contributed by atoms with E-state index < -0.39 is 24.0 Å². The average Bonchev–Trinajstić information content (AvgIpc) is 2.50. The van der Waals surface area contributed by atoms with Crippen molar-refractivity contribution in [1.82, 2.24) is 0 Å². The monoisotopic (exact) mass is 164 g/mol. The van der Waals surface area contributed by atoms with Gasteiger partial charge in [0.05, 0.1) is 11.7 Å². The van der Waals surface area contributed by atoms with E-state index in [1.54, 1.807) is 0 Å². The van der Waals surface area contributed by atoms with Crippen LogP contribution >= 0.6 is 0 Å². The molecule has 0 aromatic rings. The van der Waals surface area contributed by atoms with Crippen molar-refractivity contribution in [2.75, 3.05) is 0 Å². The molecule has 2 N–H and O–H groups in total. The second-order valence-electron chi connectivity index (χ2n) is 3.57. The number of alkyl halides is 2. The molecule has 4 atom stereocenters. The van der Waals surface area contributed by atoms with E-state index in [-0.39, 0.29) is 12.3 Å². The van der Waals surface area contributed by atoms with Crippen LogP contribution in [0.5, 0.6) is 0 Å². The Bertz CT molecular complexity index is 185. The van der Waals surface area contributed by atoms with Gasteiger partial charge >= 0.3 is 0 Å². The van der Waals surface area contributed by atoms with Gasteiger partial charge in [-0.05, 0) is 18.8 Å². The van der Waals surface area contributed by atoms with E-state index in [9.17, 15) is 19.0 Å². The van der Waals surface area contributed by atoms with Crippen LogP contribution in [0.15, 0.2) is 0 Å². The highest BCUT2D eigenvalue weighted by atomic mass is 19.3. The van der Waals surface area contributed by atoms with E-state index in [0.29, 0.717) is 6.42 Å². The van der Waals surface area contributed by atoms with Gasteiger partial charge in [0.15, 0.2) is 0 Å². The molecule has 0 amide bonds. The maximum absolute atomic E-state index is 12.1. The van der Waals surface area contributed by atoms with Crippen LogP contribution in [0.1, 0.15) is 12.8 Å². The molecule has 2 saturated carbocycles. The lowest BCUT2D eigenvalue weighted by Crippen LogP contribution is -2.34. The molecule has 2 aliphatic rings. The van der Waals surface area contributed by atoms with Crippen LogP contribution in [0, 0.1) is 11.8 Å². The highest BCUT2D eigenvalue weighted by Crippen LogP contribution is 2.59. The fourth-order valence-corrected chi connectivity index (χ4v) is 2.05. The van der Waals surface area contributed by atoms with Crippen LogP contribution in [0.2, 0.25) is 0 Å². The minimum absolute atomic E-state index is 0.0727. The van der Waals surface area contributed by atoms with Gasteiger partial charge in [-0.3, -0.25) is 0 Å². The Morgan fingerprint density at radius 1 is 1.45 bits per heavy atom. The molecule has 2 fully saturated rings. The number of hydrogen-bond acceptors (Lipinski definition) is 2. The van der Waals surface area contributed by atoms with Gasteiger partial charge in [-0.1, -0.05) is 0 Å². The summed E-state index contributed by atoms with van der Waals surface area (Å²) >= 11 is 0. The van der Waals surface area contributed by atoms with Crippen LogP contribution < -0.4 is 0 Å². The van der Waals surface area contributed by atoms with Gasteiger partial charge in [0.25, 0.3) is 0 Å². The lowest BCUT2D eigenvalue weighted by Gasteiger charge is -2.19. The van der Waals surface area contributed by atoms with Crippen molar-refractivity contribution in [1.29, 1.82) is 0 Å². The summed E-state index contributed by atoms with van der Waals surface area (Å²) in [6.45, 7) is 0. The minimum Gasteiger partial charge on any atom is -0.390 e. The summed E-state index contributed by atoms with van der Waals surface area (Å²) in [5.74, 6) is -1.07. The van der Waals surface area contributed by atoms with Crippen molar-refractivity contribution >= 4 is 0 Å². The summed E-state index contributed by atoms with van der Waals surface area (Å²) in [4.78, 5) is 0. The van der Waals surface area contributed by atoms with Crippen molar-refractivity contribution < 1.29 is 19.0 Å². The van der Waals surface area contributed by atoms with E-state index in [1.807, 2.05) is 0 Å². The molecule has 0 bridgehead atoms. The predicted molar refractivity (Wildman–Crippen MR) is 33.2 cm³/mol. The van der Waals surface area contributed by atoms with E-state index in [2.05, 4.69) is 0 Å². The van der Waals surface area contributed by atoms with Crippen molar-refractivity contribution in [3.05, 3.63) is 0 Å². The van der Waals surface area contributed by atoms with E-state index in [1.165, 1.54) is 0 Å². The molecule has 0 heterocycles. The van der Waals surface area contributed by atoms with E-state index >= 15 is 0 Å². The number of halogens is 2. The Morgan fingerprint density at radius 2 is 2.09 bits per heavy atom. The third kappa shape index (κ3) is 0.825. The highest BCUT2D eigenvalue weighted by Gasteiger charge is 2.67. The Kier molecular flexibility index (Phi) is 1.30. The maximum atomic E-state index is 12.1. The molecule has 0 aliphatic heterocycles. The molecule has 4 unspecified atom stereocenters. The summed E-state index contributed by atoms with van der Waals surface area (Å²) in [5.41, 5.74) is -1.15. The summed E-state index contributed by atoms with van der Waals surface area (Å²) < 4.78 is 24.2. The molecule has 64 valence electrons. The van der Waals surface area contributed by atoms with Crippen molar-refractivity contribution in [3.63, 3.8) is 0 Å². The largest absolute Gasteiger partial charge is 0.390 e. The Hall–Kier alpha value is -0.220. The molecular formula is C7H10F2O2. The van der Waals surface area contributed by atoms with Crippen molar-refractivity contribution in [2.45, 2.75) is 31.0 Å². The lowest BCUT2D eigenvalue weighted by atomic mass is 10.0. The topological polar surface area (TPSA) is 40.5 Å². The van der Waals surface area contributed by atoms with Gasteiger partial charge in [-0.2, -0.15) is 0 Å². The first-order chi connectivity index (χ1) is 5.05. The van der Waals surface area contributed by atoms with Crippen LogP contribution in [-0.4, -0.2) is 28.3 Å². The molecule has 0 aromatic carbocycles. The fourth-order valence-electron chi connectivity index (χ4n) is 2.05. The normalized spacial score (nSPS) is 54.8. The third-order valence-corrected chi connectivity index (χ3v) is 2.92. The molecule has 0 aromatic heterocycles. The Labute approximate surface area is 62.8 Å². The molecule has 0 spiro atoms. The number of rotatable bonds is 1. The van der Waals surface area contributed by atoms with Crippen LogP contribution in [-0.2, 0) is 0 Å². The van der Waals surface area contributed by atoms with Gasteiger partial charge < -0.3 is 10.2 Å². The van der Waals surface area contributed by atoms with Crippen LogP contribution in [0.3, 0.4) is 0 Å². The molecule has 0 saturated heterocycles. The average molecular weight is 164 g/mol. The van der Waals surface area contributed by atoms with Gasteiger partial charge in [0.2, 0.25) is 6.43 Å². The van der Waals surface area contributed by atoms with Gasteiger partial charge in [0.1, 0.15) is 0 Å². The molecule has 4 heteroatoms. The SMILES string of the molecule is OC1C(C(F)F)CC2CC21O. The smallest absolute Gasteiger partial charge is 0.244 e. The zero-order valence-corrected chi connectivity index (χ0v) is 5.87. The maximum Gasteiger partial charge on any atom is 0.244 e. The Balaban J connectivity index is 2.09. The summed E-state index contributed by atoms with van der Waals surface area (Å²) in [6.07, 6.45) is -2.93. The molecule has 2 rings (SSSR count). The zero-order valence-electron chi connectivity index (χ0n) is 5.87. The molecule has 0 radical (unpaired) electrons. The van der Waals surface area contributed by atoms with Gasteiger partial charge in [0, 0.05) is 5.92 Å². The number of aliphatic hydroxyl groups excluding tert-OH is 1. The molecular weight excluding hydrogens is 154 g/mol. The summed E-state index contributed by atoms with van der Waals surface area (Å²) in [6, 6.07) is 0. The molecule has 2 aliphatic carbocycles. The van der Waals surface area contributed by atoms with E-state index in [0.717, 1.165) is 0 Å². The second-order valence-corrected chi connectivity index (χ2v) is 3.57. The molecule has 2 nitrogen and oxygen atoms in total. The van der Waals surface area contributed by atoms with Crippen LogP contribution in [0.25, 0.3) is 0 Å². The van der Waals surface area contributed by atoms with Gasteiger partial charge in [-0.15, -0.1) is 0 Å². The first-order valence-electron chi connectivity index (χ1n) is 3.74.